The number of fused-ring (bicyclic) bond motifs is 1. The van der Waals surface area contributed by atoms with Crippen LogP contribution < -0.4 is 10.8 Å². The lowest BCUT2D eigenvalue weighted by atomic mass is 10.0. The van der Waals surface area contributed by atoms with Crippen LogP contribution in [0.1, 0.15) is 17.6 Å². The van der Waals surface area contributed by atoms with Gasteiger partial charge in [0.25, 0.3) is 0 Å². The fraction of sp³-hybridized carbons (Fsp3) is 0.286. The highest BCUT2D eigenvalue weighted by atomic mass is 31.3. The van der Waals surface area contributed by atoms with Crippen LogP contribution in [0.15, 0.2) is 85.5 Å². The highest BCUT2D eigenvalue weighted by Gasteiger charge is 2.47. The van der Waals surface area contributed by atoms with Crippen LogP contribution in [0.3, 0.4) is 0 Å². The molecule has 7 atom stereocenters. The van der Waals surface area contributed by atoms with Crippen molar-refractivity contribution in [3.8, 4) is 33.9 Å². The largest absolute Gasteiger partial charge is 0.480 e. The fourth-order valence-corrected chi connectivity index (χ4v) is 12.9. The molecule has 5 aromatic heterocycles. The van der Waals surface area contributed by atoms with Gasteiger partial charge in [-0.15, -0.1) is 0 Å². The number of carbonyl (C=O) groups is 4. The van der Waals surface area contributed by atoms with Gasteiger partial charge in [0.2, 0.25) is 0 Å². The van der Waals surface area contributed by atoms with Crippen LogP contribution >= 0.6 is 22.9 Å². The molecule has 0 amide bonds. The van der Waals surface area contributed by atoms with Gasteiger partial charge in [-0.25, -0.2) is 38.8 Å². The highest BCUT2D eigenvalue weighted by Crippen LogP contribution is 2.66. The molecule has 0 aliphatic carbocycles. The summed E-state index contributed by atoms with van der Waals surface area (Å²) < 4.78 is 55.3. The van der Waals surface area contributed by atoms with Crippen molar-refractivity contribution in [1.82, 2.24) is 44.3 Å². The maximum atomic E-state index is 13.3. The number of nitrogens with one attached hydrogen (secondary N) is 1. The number of nitrogen functional groups attached to an aromatic ring is 1. The molecule has 1 aliphatic rings. The number of aliphatic carboxylic acids is 4. The zero-order valence-electron chi connectivity index (χ0n) is 38.6. The molecule has 6 aromatic rings. The second-order valence-corrected chi connectivity index (χ2v) is 22.5. The molecule has 0 saturated carbocycles. The summed E-state index contributed by atoms with van der Waals surface area (Å²) in [5.74, 6) is -6.66. The van der Waals surface area contributed by atoms with Crippen LogP contribution in [0, 0.1) is 0 Å². The number of phosphoric acid groups is 1. The summed E-state index contributed by atoms with van der Waals surface area (Å²) in [5.41, 5.74) is 8.39. The standard InChI is InChI=1S/C42H46N11O19P3/c43-40-37-41(45-20-44-40)53(21-46-37)42-39(63)38(62)32(71-42)19-70-75(68,69)72-74(66,67)22-73(64,65)50-25-9-7-23(8-10-25)24-11-30(28-5-1-3-26(47-28)13-51(15-33(54)55)16-34(56)57)49-31(12-24)29-6-2-4-27(48-29)14-52(17-35(58)59)18-36(60)61/h1-12,20-21,32,38-39,42,62-63H,13-19,22H2,(H,54,55)(H,56,57)(H,58,59)(H,60,61)(H,66,67)(H,68,69)(H2,43,44,45)(H2,50,64,65)/t32-,38?,39+,42-/m1/s1. The molecule has 1 aliphatic heterocycles. The minimum absolute atomic E-state index is 0.0112. The highest BCUT2D eigenvalue weighted by molar-refractivity contribution is 7.76. The first kappa shape index (κ1) is 55.7. The van der Waals surface area contributed by atoms with Crippen molar-refractivity contribution >= 4 is 69.5 Å². The minimum Gasteiger partial charge on any atom is -0.480 e. The zero-order valence-corrected chi connectivity index (χ0v) is 41.3. The Morgan fingerprint density at radius 3 is 1.75 bits per heavy atom. The third-order valence-corrected chi connectivity index (χ3v) is 16.6. The van der Waals surface area contributed by atoms with E-state index in [9.17, 15) is 78.2 Å². The van der Waals surface area contributed by atoms with Gasteiger partial charge in [0.15, 0.2) is 17.7 Å². The molecule has 30 nitrogen and oxygen atoms in total. The Labute approximate surface area is 422 Å². The molecule has 1 fully saturated rings. The Bertz CT molecular complexity index is 3130. The van der Waals surface area contributed by atoms with Crippen molar-refractivity contribution in [1.29, 1.82) is 0 Å². The molecular weight excluding hydrogens is 1060 g/mol. The number of imidazole rings is 1. The monoisotopic (exact) mass is 1100 g/mol. The van der Waals surface area contributed by atoms with E-state index in [1.807, 2.05) is 0 Å². The smallest absolute Gasteiger partial charge is 0.479 e. The van der Waals surface area contributed by atoms with E-state index >= 15 is 0 Å². The van der Waals surface area contributed by atoms with Gasteiger partial charge in [-0.2, -0.15) is 0 Å². The van der Waals surface area contributed by atoms with E-state index in [2.05, 4.69) is 34.3 Å². The van der Waals surface area contributed by atoms with Crippen molar-refractivity contribution in [2.75, 3.05) is 49.5 Å². The number of pyridine rings is 3. The van der Waals surface area contributed by atoms with Gasteiger partial charge in [0, 0.05) is 18.8 Å². The van der Waals surface area contributed by atoms with Gasteiger partial charge in [0.1, 0.15) is 36.1 Å². The van der Waals surface area contributed by atoms with Gasteiger partial charge in [-0.1, -0.05) is 24.3 Å². The van der Waals surface area contributed by atoms with E-state index in [1.54, 1.807) is 48.5 Å². The molecule has 398 valence electrons. The topological polar surface area (TPSA) is 456 Å². The first-order valence-electron chi connectivity index (χ1n) is 21.7. The summed E-state index contributed by atoms with van der Waals surface area (Å²) in [6, 6.07) is 18.3. The van der Waals surface area contributed by atoms with Crippen LogP contribution in [-0.4, -0.2) is 170 Å². The summed E-state index contributed by atoms with van der Waals surface area (Å²) in [7, 11) is -15.9. The second-order valence-electron chi connectivity index (χ2n) is 16.7. The fourth-order valence-electron chi connectivity index (χ4n) is 7.69. The summed E-state index contributed by atoms with van der Waals surface area (Å²) in [6.07, 6.45) is -3.96. The minimum atomic E-state index is -5.55. The van der Waals surface area contributed by atoms with E-state index in [4.69, 9.17) is 20.0 Å². The average Bonchev–Trinajstić information content (AvgIpc) is 3.86. The molecular formula is C42H46N11O19P3. The summed E-state index contributed by atoms with van der Waals surface area (Å²) in [4.78, 5) is 106. The lowest BCUT2D eigenvalue weighted by Gasteiger charge is -2.21. The summed E-state index contributed by atoms with van der Waals surface area (Å²) >= 11 is 0. The number of rotatable bonds is 25. The first-order chi connectivity index (χ1) is 35.3. The quantitative estimate of drug-likeness (QED) is 0.0364. The predicted octanol–water partition coefficient (Wildman–Crippen LogP) is 1.73. The molecule has 0 spiro atoms. The number of aliphatic hydroxyl groups is 2. The molecule has 1 aromatic carbocycles. The number of aromatic nitrogens is 7. The normalized spacial score (nSPS) is 19.1. The van der Waals surface area contributed by atoms with Gasteiger partial charge in [-0.05, 0) is 59.7 Å². The Balaban J connectivity index is 1.08. The molecule has 75 heavy (non-hydrogen) atoms. The van der Waals surface area contributed by atoms with Crippen molar-refractivity contribution in [2.24, 2.45) is 0 Å². The predicted molar refractivity (Wildman–Crippen MR) is 258 cm³/mol. The lowest BCUT2D eigenvalue weighted by molar-refractivity contribution is -0.144. The van der Waals surface area contributed by atoms with E-state index in [1.165, 1.54) is 35.2 Å². The number of carboxylic acid groups (broad SMARTS) is 4. The van der Waals surface area contributed by atoms with Crippen LogP contribution in [0.2, 0.25) is 0 Å². The first-order valence-corrected chi connectivity index (χ1v) is 26.8. The molecule has 6 heterocycles. The van der Waals surface area contributed by atoms with Crippen LogP contribution in [0.5, 0.6) is 0 Å². The van der Waals surface area contributed by atoms with Gasteiger partial charge >= 0.3 is 46.8 Å². The Hall–Kier alpha value is -7.01. The number of ether oxygens (including phenoxy) is 1. The van der Waals surface area contributed by atoms with E-state index in [-0.39, 0.29) is 69.9 Å². The number of hydrogen-bond donors (Lipinski definition) is 11. The molecule has 0 bridgehead atoms. The maximum Gasteiger partial charge on any atom is 0.479 e. The summed E-state index contributed by atoms with van der Waals surface area (Å²) in [5, 5.41) is 61.0. The average molecular weight is 1100 g/mol. The van der Waals surface area contributed by atoms with Crippen LogP contribution in [0.4, 0.5) is 11.5 Å². The Morgan fingerprint density at radius 1 is 0.693 bits per heavy atom. The number of benzene rings is 1. The molecule has 0 radical (unpaired) electrons. The van der Waals surface area contributed by atoms with Gasteiger partial charge in [-0.3, -0.25) is 47.2 Å². The van der Waals surface area contributed by atoms with Crippen LogP contribution in [-0.2, 0) is 59.5 Å². The molecule has 4 unspecified atom stereocenters. The zero-order chi connectivity index (χ0) is 54.4. The Kier molecular flexibility index (Phi) is 17.3. The SMILES string of the molecule is Nc1ncnc2c1ncn2[C@@H]1O[C@H](COP(=O)(O)OP(=O)(O)CP(=O)(O)Nc2ccc(-c3cc(-c4cccc(CN(CC(=O)O)CC(=O)O)n4)nc(-c4cccc(CN(CC(=O)O)CC(=O)O)n4)c3)cc2)C(O)[C@@H]1O. The number of anilines is 2. The second kappa shape index (κ2) is 23.3. The Morgan fingerprint density at radius 2 is 1.23 bits per heavy atom. The molecule has 7 rings (SSSR count). The molecule has 33 heteroatoms. The number of phosphoric ester groups is 1. The maximum absolute atomic E-state index is 13.3. The third-order valence-electron chi connectivity index (χ3n) is 10.7. The summed E-state index contributed by atoms with van der Waals surface area (Å²) in [6.45, 7) is -3.73. The van der Waals surface area contributed by atoms with E-state index in [0.29, 0.717) is 11.1 Å². The number of nitrogens with two attached hydrogens (primary N) is 1. The van der Waals surface area contributed by atoms with Crippen LogP contribution in [0.25, 0.3) is 45.1 Å². The molecule has 12 N–H and O–H groups in total. The van der Waals surface area contributed by atoms with Crippen molar-refractivity contribution in [3.05, 3.63) is 96.8 Å². The number of aliphatic hydroxyl groups excluding tert-OH is 2. The number of nitrogens with zero attached hydrogens (tertiary/aromatic N) is 9. The van der Waals surface area contributed by atoms with E-state index < -0.39 is 110 Å². The molecule has 1 saturated heterocycles. The lowest BCUT2D eigenvalue weighted by Crippen LogP contribution is -2.34. The van der Waals surface area contributed by atoms with Crippen molar-refractivity contribution in [3.63, 3.8) is 0 Å². The van der Waals surface area contributed by atoms with Crippen molar-refractivity contribution in [2.45, 2.75) is 37.6 Å². The van der Waals surface area contributed by atoms with Gasteiger partial charge < -0.3 is 60.9 Å². The third kappa shape index (κ3) is 15.1. The van der Waals surface area contributed by atoms with E-state index in [0.717, 1.165) is 16.1 Å². The number of carboxylic acids is 4. The number of hydrogen-bond acceptors (Lipinski definition) is 21. The van der Waals surface area contributed by atoms with Crippen molar-refractivity contribution < 1.29 is 91.8 Å². The van der Waals surface area contributed by atoms with Gasteiger partial charge in [0.05, 0.1) is 73.3 Å².